The van der Waals surface area contributed by atoms with Gasteiger partial charge >= 0.3 is 6.18 Å². The minimum atomic E-state index is -4.54. The Morgan fingerprint density at radius 2 is 1.80 bits per heavy atom. The fourth-order valence-electron chi connectivity index (χ4n) is 0.831. The lowest BCUT2D eigenvalue weighted by Crippen LogP contribution is -2.28. The average Bonchev–Trinajstić information content (AvgIpc) is 2.01. The first-order valence-corrected chi connectivity index (χ1v) is 4.22. The lowest BCUT2D eigenvalue weighted by Gasteiger charge is -2.16. The lowest BCUT2D eigenvalue weighted by molar-refractivity contribution is -0.149. The van der Waals surface area contributed by atoms with Crippen molar-refractivity contribution in [1.82, 2.24) is 4.98 Å². The van der Waals surface area contributed by atoms with Gasteiger partial charge in [-0.25, -0.2) is 4.98 Å². The Labute approximate surface area is 100.0 Å². The standard InChI is InChI=1S/C7H5Cl2F3N2.ClH/c8-4-2-1-3(6(9)14-4)5(13)7(10,11)12;/h1-2,5H,13H2;1H/t5-;/m1./s1. The van der Waals surface area contributed by atoms with E-state index in [1.165, 1.54) is 6.07 Å². The predicted molar refractivity (Wildman–Crippen MR) is 54.5 cm³/mol. The molecule has 1 heterocycles. The molecular formula is C7H6Cl3F3N2. The summed E-state index contributed by atoms with van der Waals surface area (Å²) >= 11 is 10.9. The van der Waals surface area contributed by atoms with Crippen molar-refractivity contribution in [3.63, 3.8) is 0 Å². The summed E-state index contributed by atoms with van der Waals surface area (Å²) < 4.78 is 36.5. The van der Waals surface area contributed by atoms with Crippen molar-refractivity contribution in [3.8, 4) is 0 Å². The third-order valence-electron chi connectivity index (χ3n) is 1.53. The summed E-state index contributed by atoms with van der Waals surface area (Å²) in [6, 6.07) is 0.171. The summed E-state index contributed by atoms with van der Waals surface area (Å²) in [5.41, 5.74) is 4.64. The summed E-state index contributed by atoms with van der Waals surface area (Å²) in [5, 5.41) is -0.310. The Bertz CT molecular complexity index is 343. The van der Waals surface area contributed by atoms with E-state index < -0.39 is 12.2 Å². The lowest BCUT2D eigenvalue weighted by atomic mass is 10.1. The van der Waals surface area contributed by atoms with Gasteiger partial charge in [-0.3, -0.25) is 0 Å². The van der Waals surface area contributed by atoms with Gasteiger partial charge in [0, 0.05) is 5.56 Å². The largest absolute Gasteiger partial charge is 0.407 e. The summed E-state index contributed by atoms with van der Waals surface area (Å²) in [7, 11) is 0. The van der Waals surface area contributed by atoms with Gasteiger partial charge in [0.2, 0.25) is 0 Å². The highest BCUT2D eigenvalue weighted by atomic mass is 35.5. The van der Waals surface area contributed by atoms with E-state index in [0.29, 0.717) is 0 Å². The Morgan fingerprint density at radius 3 is 2.20 bits per heavy atom. The van der Waals surface area contributed by atoms with Crippen molar-refractivity contribution >= 4 is 35.6 Å². The third-order valence-corrected chi connectivity index (χ3v) is 2.04. The van der Waals surface area contributed by atoms with Gasteiger partial charge in [0.25, 0.3) is 0 Å². The van der Waals surface area contributed by atoms with Crippen LogP contribution in [0.5, 0.6) is 0 Å². The Kier molecular flexibility index (Phi) is 5.13. The molecule has 0 aliphatic carbocycles. The Morgan fingerprint density at radius 1 is 1.27 bits per heavy atom. The van der Waals surface area contributed by atoms with Crippen LogP contribution in [0.2, 0.25) is 10.3 Å². The van der Waals surface area contributed by atoms with Crippen LogP contribution in [0.4, 0.5) is 13.2 Å². The number of halogens is 6. The van der Waals surface area contributed by atoms with Crippen LogP contribution in [0, 0.1) is 0 Å². The first-order valence-electron chi connectivity index (χ1n) is 3.46. The zero-order valence-electron chi connectivity index (χ0n) is 7.05. The minimum Gasteiger partial charge on any atom is -0.316 e. The summed E-state index contributed by atoms with van der Waals surface area (Å²) in [4.78, 5) is 3.46. The van der Waals surface area contributed by atoms with Gasteiger partial charge in [-0.1, -0.05) is 29.3 Å². The number of nitrogens with two attached hydrogens (primary N) is 1. The Hall–Kier alpha value is -0.230. The summed E-state index contributed by atoms with van der Waals surface area (Å²) in [5.74, 6) is 0. The Balaban J connectivity index is 0.00000196. The molecule has 0 aliphatic heterocycles. The first-order chi connectivity index (χ1) is 6.32. The zero-order valence-corrected chi connectivity index (χ0v) is 9.38. The van der Waals surface area contributed by atoms with Crippen LogP contribution in [0.15, 0.2) is 12.1 Å². The maximum atomic E-state index is 12.2. The fraction of sp³-hybridized carbons (Fsp3) is 0.286. The van der Waals surface area contributed by atoms with E-state index in [-0.39, 0.29) is 28.3 Å². The molecule has 0 amide bonds. The molecule has 0 aliphatic rings. The zero-order chi connectivity index (χ0) is 10.9. The van der Waals surface area contributed by atoms with Gasteiger partial charge in [-0.05, 0) is 6.07 Å². The molecule has 0 saturated carbocycles. The van der Waals surface area contributed by atoms with E-state index >= 15 is 0 Å². The van der Waals surface area contributed by atoms with Crippen molar-refractivity contribution in [2.45, 2.75) is 12.2 Å². The monoisotopic (exact) mass is 280 g/mol. The molecule has 1 aromatic heterocycles. The fourth-order valence-corrected chi connectivity index (χ4v) is 1.29. The molecule has 2 nitrogen and oxygen atoms in total. The maximum absolute atomic E-state index is 12.2. The second-order valence-corrected chi connectivity index (χ2v) is 3.28. The van der Waals surface area contributed by atoms with E-state index in [1.807, 2.05) is 0 Å². The summed E-state index contributed by atoms with van der Waals surface area (Å²) in [6.07, 6.45) is -4.54. The topological polar surface area (TPSA) is 38.9 Å². The SMILES string of the molecule is Cl.N[C@H](c1ccc(Cl)nc1Cl)C(F)(F)F. The molecule has 0 bridgehead atoms. The van der Waals surface area contributed by atoms with Crippen molar-refractivity contribution in [2.24, 2.45) is 5.73 Å². The maximum Gasteiger partial charge on any atom is 0.407 e. The number of pyridine rings is 1. The van der Waals surface area contributed by atoms with Gasteiger partial charge in [0.1, 0.15) is 16.3 Å². The van der Waals surface area contributed by atoms with Crippen LogP contribution in [0.1, 0.15) is 11.6 Å². The molecule has 0 fully saturated rings. The molecule has 1 rings (SSSR count). The van der Waals surface area contributed by atoms with Crippen molar-refractivity contribution in [2.75, 3.05) is 0 Å². The number of hydrogen-bond acceptors (Lipinski definition) is 2. The van der Waals surface area contributed by atoms with Crippen molar-refractivity contribution in [3.05, 3.63) is 28.0 Å². The van der Waals surface area contributed by atoms with Gasteiger partial charge in [-0.2, -0.15) is 13.2 Å². The highest BCUT2D eigenvalue weighted by Gasteiger charge is 2.39. The molecule has 1 atom stereocenters. The normalized spacial score (nSPS) is 13.2. The number of aromatic nitrogens is 1. The second-order valence-electron chi connectivity index (χ2n) is 2.53. The van der Waals surface area contributed by atoms with E-state index in [1.54, 1.807) is 0 Å². The molecule has 0 spiro atoms. The number of alkyl halides is 3. The van der Waals surface area contributed by atoms with Crippen LogP contribution in [-0.4, -0.2) is 11.2 Å². The smallest absolute Gasteiger partial charge is 0.316 e. The number of nitrogens with zero attached hydrogens (tertiary/aromatic N) is 1. The summed E-state index contributed by atoms with van der Waals surface area (Å²) in [6.45, 7) is 0. The molecule has 8 heteroatoms. The number of hydrogen-bond donors (Lipinski definition) is 1. The molecule has 86 valence electrons. The number of rotatable bonds is 1. The van der Waals surface area contributed by atoms with E-state index in [0.717, 1.165) is 6.07 Å². The van der Waals surface area contributed by atoms with Crippen LogP contribution in [0.3, 0.4) is 0 Å². The van der Waals surface area contributed by atoms with Crippen LogP contribution >= 0.6 is 35.6 Å². The van der Waals surface area contributed by atoms with E-state index in [9.17, 15) is 13.2 Å². The van der Waals surface area contributed by atoms with Gasteiger partial charge in [0.15, 0.2) is 0 Å². The van der Waals surface area contributed by atoms with Crippen molar-refractivity contribution < 1.29 is 13.2 Å². The quantitative estimate of drug-likeness (QED) is 0.802. The molecule has 0 radical (unpaired) electrons. The highest BCUT2D eigenvalue weighted by Crippen LogP contribution is 2.33. The second kappa shape index (κ2) is 5.21. The predicted octanol–water partition coefficient (Wildman–Crippen LogP) is 3.37. The van der Waals surface area contributed by atoms with Crippen molar-refractivity contribution in [1.29, 1.82) is 0 Å². The first kappa shape index (κ1) is 14.8. The molecular weight excluding hydrogens is 275 g/mol. The van der Waals surface area contributed by atoms with Crippen LogP contribution in [-0.2, 0) is 0 Å². The van der Waals surface area contributed by atoms with E-state index in [2.05, 4.69) is 4.98 Å². The van der Waals surface area contributed by atoms with Gasteiger partial charge in [-0.15, -0.1) is 12.4 Å². The average molecular weight is 281 g/mol. The molecule has 0 saturated heterocycles. The molecule has 2 N–H and O–H groups in total. The molecule has 0 unspecified atom stereocenters. The highest BCUT2D eigenvalue weighted by molar-refractivity contribution is 6.32. The van der Waals surface area contributed by atoms with E-state index in [4.69, 9.17) is 28.9 Å². The third kappa shape index (κ3) is 3.68. The van der Waals surface area contributed by atoms with Gasteiger partial charge in [0.05, 0.1) is 0 Å². The molecule has 15 heavy (non-hydrogen) atoms. The molecule has 1 aromatic rings. The van der Waals surface area contributed by atoms with Crippen LogP contribution < -0.4 is 5.73 Å². The minimum absolute atomic E-state index is 0. The van der Waals surface area contributed by atoms with Gasteiger partial charge < -0.3 is 5.73 Å². The van der Waals surface area contributed by atoms with Crippen LogP contribution in [0.25, 0.3) is 0 Å². The molecule has 0 aromatic carbocycles.